The summed E-state index contributed by atoms with van der Waals surface area (Å²) in [4.78, 5) is 16.0. The van der Waals surface area contributed by atoms with Crippen molar-refractivity contribution in [3.05, 3.63) is 57.8 Å². The number of aromatic nitrogens is 1. The van der Waals surface area contributed by atoms with Crippen molar-refractivity contribution < 1.29 is 9.53 Å². The predicted molar refractivity (Wildman–Crippen MR) is 84.3 cm³/mol. The monoisotopic (exact) mass is 337 g/mol. The molecule has 0 spiro atoms. The van der Waals surface area contributed by atoms with Crippen LogP contribution in [0.4, 0.5) is 4.79 Å². The van der Waals surface area contributed by atoms with E-state index in [-0.39, 0.29) is 12.1 Å². The molecule has 1 aliphatic heterocycles. The van der Waals surface area contributed by atoms with E-state index in [0.717, 1.165) is 11.1 Å². The highest BCUT2D eigenvalue weighted by atomic mass is 35.5. The van der Waals surface area contributed by atoms with Crippen LogP contribution >= 0.6 is 23.2 Å². The first-order valence-corrected chi connectivity index (χ1v) is 7.44. The molecule has 2 heterocycles. The number of amides is 2. The van der Waals surface area contributed by atoms with E-state index in [4.69, 9.17) is 27.9 Å². The molecule has 0 saturated heterocycles. The Morgan fingerprint density at radius 3 is 3.00 bits per heavy atom. The Kier molecular flexibility index (Phi) is 4.36. The molecule has 1 aromatic heterocycles. The van der Waals surface area contributed by atoms with Crippen molar-refractivity contribution in [1.29, 1.82) is 0 Å². The summed E-state index contributed by atoms with van der Waals surface area (Å²) < 4.78 is 5.52. The third kappa shape index (κ3) is 3.10. The molecular weight excluding hydrogens is 325 g/mol. The molecule has 0 bridgehead atoms. The number of carbonyl (C=O) groups excluding carboxylic acids is 1. The van der Waals surface area contributed by atoms with Crippen LogP contribution in [0.2, 0.25) is 10.0 Å². The molecule has 1 aliphatic rings. The van der Waals surface area contributed by atoms with E-state index in [9.17, 15) is 4.79 Å². The molecule has 7 heteroatoms. The van der Waals surface area contributed by atoms with Crippen LogP contribution in [0.25, 0.3) is 0 Å². The van der Waals surface area contributed by atoms with Gasteiger partial charge in [-0.05, 0) is 17.7 Å². The van der Waals surface area contributed by atoms with Gasteiger partial charge in [-0.15, -0.1) is 0 Å². The minimum absolute atomic E-state index is 0.251. The molecule has 1 aromatic carbocycles. The van der Waals surface area contributed by atoms with Gasteiger partial charge in [-0.3, -0.25) is 4.98 Å². The maximum atomic E-state index is 12.0. The number of fused-ring (bicyclic) bond motifs is 1. The number of urea groups is 1. The summed E-state index contributed by atoms with van der Waals surface area (Å²) in [6, 6.07) is 6.68. The largest absolute Gasteiger partial charge is 0.489 e. The van der Waals surface area contributed by atoms with E-state index in [1.165, 1.54) is 0 Å². The van der Waals surface area contributed by atoms with E-state index in [2.05, 4.69) is 15.6 Å². The molecule has 0 radical (unpaired) electrons. The molecule has 5 nitrogen and oxygen atoms in total. The Morgan fingerprint density at radius 2 is 2.23 bits per heavy atom. The molecular formula is C15H13Cl2N3O2. The zero-order valence-electron chi connectivity index (χ0n) is 11.5. The highest BCUT2D eigenvalue weighted by molar-refractivity contribution is 6.43. The van der Waals surface area contributed by atoms with Crippen molar-refractivity contribution in [1.82, 2.24) is 15.6 Å². The van der Waals surface area contributed by atoms with Crippen LogP contribution in [0.15, 0.2) is 36.7 Å². The summed E-state index contributed by atoms with van der Waals surface area (Å²) >= 11 is 12.0. The number of hydrogen-bond donors (Lipinski definition) is 2. The van der Waals surface area contributed by atoms with Gasteiger partial charge >= 0.3 is 6.03 Å². The van der Waals surface area contributed by atoms with Gasteiger partial charge < -0.3 is 15.4 Å². The van der Waals surface area contributed by atoms with E-state index >= 15 is 0 Å². The summed E-state index contributed by atoms with van der Waals surface area (Å²) in [6.45, 7) is 0.733. The van der Waals surface area contributed by atoms with Gasteiger partial charge in [0.05, 0.1) is 11.1 Å². The standard InChI is InChI=1S/C15H13Cl2N3O2/c16-11-4-3-10-12(8-22-14(10)13(11)17)20-15(21)19-7-9-2-1-5-18-6-9/h1-6,12H,7-8H2,(H2,19,20,21)/t12-/m0/s1. The van der Waals surface area contributed by atoms with Crippen LogP contribution in [0.3, 0.4) is 0 Å². The lowest BCUT2D eigenvalue weighted by atomic mass is 10.1. The highest BCUT2D eigenvalue weighted by Crippen LogP contribution is 2.41. The van der Waals surface area contributed by atoms with Gasteiger partial charge in [0, 0.05) is 24.5 Å². The summed E-state index contributed by atoms with van der Waals surface area (Å²) in [5.41, 5.74) is 1.75. The van der Waals surface area contributed by atoms with E-state index in [1.54, 1.807) is 18.5 Å². The van der Waals surface area contributed by atoms with Crippen molar-refractivity contribution in [2.75, 3.05) is 6.61 Å². The molecule has 2 N–H and O–H groups in total. The molecule has 2 amide bonds. The third-order valence-electron chi connectivity index (χ3n) is 3.33. The van der Waals surface area contributed by atoms with E-state index < -0.39 is 0 Å². The van der Waals surface area contributed by atoms with E-state index in [1.807, 2.05) is 18.2 Å². The number of pyridine rings is 1. The molecule has 3 rings (SSSR count). The fourth-order valence-corrected chi connectivity index (χ4v) is 2.61. The summed E-state index contributed by atoms with van der Waals surface area (Å²) in [5, 5.41) is 6.44. The Bertz CT molecular complexity index is 695. The number of benzene rings is 1. The van der Waals surface area contributed by atoms with Crippen LogP contribution in [0.5, 0.6) is 5.75 Å². The number of halogens is 2. The maximum Gasteiger partial charge on any atom is 0.315 e. The third-order valence-corrected chi connectivity index (χ3v) is 4.12. The second-order valence-corrected chi connectivity index (χ2v) is 5.62. The summed E-state index contributed by atoms with van der Waals surface area (Å²) in [6.07, 6.45) is 3.39. The van der Waals surface area contributed by atoms with Crippen molar-refractivity contribution in [3.63, 3.8) is 0 Å². The second-order valence-electron chi connectivity index (χ2n) is 4.83. The number of nitrogens with one attached hydrogen (secondary N) is 2. The van der Waals surface area contributed by atoms with Crippen LogP contribution < -0.4 is 15.4 Å². The van der Waals surface area contributed by atoms with Gasteiger partial charge in [0.1, 0.15) is 17.4 Å². The summed E-state index contributed by atoms with van der Waals surface area (Å²) in [7, 11) is 0. The Hall–Kier alpha value is -1.98. The highest BCUT2D eigenvalue weighted by Gasteiger charge is 2.28. The topological polar surface area (TPSA) is 63.2 Å². The molecule has 114 valence electrons. The maximum absolute atomic E-state index is 12.0. The zero-order chi connectivity index (χ0) is 15.5. The molecule has 0 saturated carbocycles. The Morgan fingerprint density at radius 1 is 1.36 bits per heavy atom. The normalized spacial score (nSPS) is 15.8. The molecule has 2 aromatic rings. The van der Waals surface area contributed by atoms with Gasteiger partial charge in [0.2, 0.25) is 0 Å². The minimum Gasteiger partial charge on any atom is -0.489 e. The van der Waals surface area contributed by atoms with Gasteiger partial charge in [-0.1, -0.05) is 35.3 Å². The molecule has 0 unspecified atom stereocenters. The smallest absolute Gasteiger partial charge is 0.315 e. The summed E-state index contributed by atoms with van der Waals surface area (Å²) in [5.74, 6) is 0.534. The average molecular weight is 338 g/mol. The molecule has 0 aliphatic carbocycles. The van der Waals surface area contributed by atoms with Crippen molar-refractivity contribution in [2.45, 2.75) is 12.6 Å². The molecule has 1 atom stereocenters. The second kappa shape index (κ2) is 6.42. The van der Waals surface area contributed by atoms with Crippen LogP contribution in [-0.4, -0.2) is 17.6 Å². The first-order chi connectivity index (χ1) is 10.6. The first kappa shape index (κ1) is 14.9. The Balaban J connectivity index is 1.61. The number of ether oxygens (including phenoxy) is 1. The number of nitrogens with zero attached hydrogens (tertiary/aromatic N) is 1. The first-order valence-electron chi connectivity index (χ1n) is 6.69. The van der Waals surface area contributed by atoms with Crippen LogP contribution in [0.1, 0.15) is 17.2 Å². The number of hydrogen-bond acceptors (Lipinski definition) is 3. The SMILES string of the molecule is O=C(NCc1cccnc1)N[C@H]1COc2c1ccc(Cl)c2Cl. The quantitative estimate of drug-likeness (QED) is 0.902. The number of carbonyl (C=O) groups is 1. The molecule has 0 fully saturated rings. The average Bonchev–Trinajstić information content (AvgIpc) is 2.93. The number of rotatable bonds is 3. The van der Waals surface area contributed by atoms with Crippen molar-refractivity contribution >= 4 is 29.2 Å². The lowest BCUT2D eigenvalue weighted by molar-refractivity contribution is 0.231. The van der Waals surface area contributed by atoms with Gasteiger partial charge in [0.25, 0.3) is 0 Å². The van der Waals surface area contributed by atoms with Gasteiger partial charge in [-0.2, -0.15) is 0 Å². The van der Waals surface area contributed by atoms with E-state index in [0.29, 0.717) is 28.9 Å². The Labute approximate surface area is 137 Å². The van der Waals surface area contributed by atoms with Crippen LogP contribution in [-0.2, 0) is 6.54 Å². The lowest BCUT2D eigenvalue weighted by Gasteiger charge is -2.13. The fraction of sp³-hybridized carbons (Fsp3) is 0.200. The minimum atomic E-state index is -0.281. The van der Waals surface area contributed by atoms with Crippen molar-refractivity contribution in [3.8, 4) is 5.75 Å². The zero-order valence-corrected chi connectivity index (χ0v) is 13.0. The fourth-order valence-electron chi connectivity index (χ4n) is 2.24. The lowest BCUT2D eigenvalue weighted by Crippen LogP contribution is -2.38. The predicted octanol–water partition coefficient (Wildman–Crippen LogP) is 3.32. The van der Waals surface area contributed by atoms with Crippen LogP contribution in [0, 0.1) is 0 Å². The van der Waals surface area contributed by atoms with Gasteiger partial charge in [0.15, 0.2) is 0 Å². The molecule has 22 heavy (non-hydrogen) atoms. The van der Waals surface area contributed by atoms with Crippen molar-refractivity contribution in [2.24, 2.45) is 0 Å². The van der Waals surface area contributed by atoms with Gasteiger partial charge in [-0.25, -0.2) is 4.79 Å².